The number of nitrogens with one attached hydrogen (secondary N) is 2. The number of benzene rings is 2. The number of para-hydroxylation sites is 2. The molecular formula is C21H26FN5. The Labute approximate surface area is 159 Å². The first kappa shape index (κ1) is 18.9. The first-order chi connectivity index (χ1) is 13.0. The second-order valence-corrected chi connectivity index (χ2v) is 6.65. The van der Waals surface area contributed by atoms with Crippen molar-refractivity contribution in [3.05, 3.63) is 65.2 Å². The van der Waals surface area contributed by atoms with E-state index in [0.29, 0.717) is 18.1 Å². The number of rotatable bonds is 5. The van der Waals surface area contributed by atoms with E-state index in [1.54, 1.807) is 19.1 Å². The molecule has 142 valence electrons. The van der Waals surface area contributed by atoms with Crippen LogP contribution in [0.25, 0.3) is 11.0 Å². The lowest BCUT2D eigenvalue weighted by molar-refractivity contribution is 0.607. The molecule has 0 fully saturated rings. The van der Waals surface area contributed by atoms with E-state index in [9.17, 15) is 4.39 Å². The second kappa shape index (κ2) is 8.20. The van der Waals surface area contributed by atoms with Crippen LogP contribution >= 0.6 is 0 Å². The predicted octanol–water partition coefficient (Wildman–Crippen LogP) is 3.84. The monoisotopic (exact) mass is 367 g/mol. The Morgan fingerprint density at radius 3 is 2.74 bits per heavy atom. The summed E-state index contributed by atoms with van der Waals surface area (Å²) < 4.78 is 15.9. The number of hydrogen-bond acceptors (Lipinski definition) is 2. The fraction of sp³-hybridized carbons (Fsp3) is 0.333. The molecule has 1 unspecified atom stereocenters. The van der Waals surface area contributed by atoms with Crippen molar-refractivity contribution in [3.8, 4) is 0 Å². The van der Waals surface area contributed by atoms with Gasteiger partial charge in [0.05, 0.1) is 17.1 Å². The Morgan fingerprint density at radius 1 is 1.26 bits per heavy atom. The third-order valence-electron chi connectivity index (χ3n) is 4.65. The maximum atomic E-state index is 13.9. The zero-order valence-corrected chi connectivity index (χ0v) is 16.3. The van der Waals surface area contributed by atoms with Crippen molar-refractivity contribution < 1.29 is 4.39 Å². The molecule has 5 nitrogen and oxygen atoms in total. The van der Waals surface area contributed by atoms with Crippen LogP contribution in [0.1, 0.15) is 36.8 Å². The van der Waals surface area contributed by atoms with Gasteiger partial charge in [0.15, 0.2) is 5.96 Å². The molecule has 27 heavy (non-hydrogen) atoms. The van der Waals surface area contributed by atoms with Crippen LogP contribution in [-0.2, 0) is 13.6 Å². The average Bonchev–Trinajstić information content (AvgIpc) is 2.98. The molecule has 0 radical (unpaired) electrons. The quantitative estimate of drug-likeness (QED) is 0.532. The van der Waals surface area contributed by atoms with E-state index < -0.39 is 0 Å². The molecule has 0 saturated carbocycles. The van der Waals surface area contributed by atoms with Crippen LogP contribution < -0.4 is 10.6 Å². The van der Waals surface area contributed by atoms with Crippen LogP contribution in [0.3, 0.4) is 0 Å². The van der Waals surface area contributed by atoms with Crippen molar-refractivity contribution in [3.63, 3.8) is 0 Å². The Bertz CT molecular complexity index is 960. The van der Waals surface area contributed by atoms with E-state index >= 15 is 0 Å². The molecule has 0 aliphatic heterocycles. The normalized spacial score (nSPS) is 13.0. The van der Waals surface area contributed by atoms with Gasteiger partial charge < -0.3 is 15.2 Å². The van der Waals surface area contributed by atoms with Gasteiger partial charge in [0.1, 0.15) is 18.2 Å². The minimum Gasteiger partial charge on any atom is -0.357 e. The summed E-state index contributed by atoms with van der Waals surface area (Å²) in [6.07, 6.45) is 0. The molecule has 1 aromatic heterocycles. The zero-order chi connectivity index (χ0) is 19.4. The van der Waals surface area contributed by atoms with E-state index in [-0.39, 0.29) is 11.9 Å². The summed E-state index contributed by atoms with van der Waals surface area (Å²) in [6, 6.07) is 13.3. The molecule has 2 aromatic carbocycles. The fourth-order valence-electron chi connectivity index (χ4n) is 2.97. The number of fused-ring (bicyclic) bond motifs is 1. The van der Waals surface area contributed by atoms with Crippen LogP contribution in [0.4, 0.5) is 4.39 Å². The summed E-state index contributed by atoms with van der Waals surface area (Å²) in [5.41, 5.74) is 3.58. The second-order valence-electron chi connectivity index (χ2n) is 6.65. The molecule has 0 bridgehead atoms. The maximum absolute atomic E-state index is 13.9. The fourth-order valence-corrected chi connectivity index (χ4v) is 2.97. The van der Waals surface area contributed by atoms with E-state index in [2.05, 4.69) is 25.2 Å². The lowest BCUT2D eigenvalue weighted by atomic mass is 10.1. The van der Waals surface area contributed by atoms with Gasteiger partial charge in [0, 0.05) is 13.6 Å². The molecule has 0 amide bonds. The number of nitrogens with zero attached hydrogens (tertiary/aromatic N) is 3. The largest absolute Gasteiger partial charge is 0.357 e. The van der Waals surface area contributed by atoms with Crippen molar-refractivity contribution in [2.24, 2.45) is 12.0 Å². The lowest BCUT2D eigenvalue weighted by Gasteiger charge is -2.18. The van der Waals surface area contributed by atoms with E-state index in [0.717, 1.165) is 29.0 Å². The van der Waals surface area contributed by atoms with Gasteiger partial charge in [-0.1, -0.05) is 24.3 Å². The molecule has 2 N–H and O–H groups in total. The molecule has 3 rings (SSSR count). The molecule has 1 atom stereocenters. The maximum Gasteiger partial charge on any atom is 0.192 e. The van der Waals surface area contributed by atoms with Crippen LogP contribution in [0, 0.1) is 12.7 Å². The Kier molecular flexibility index (Phi) is 5.74. The van der Waals surface area contributed by atoms with Crippen molar-refractivity contribution in [2.75, 3.05) is 6.54 Å². The number of hydrogen-bond donors (Lipinski definition) is 2. The van der Waals surface area contributed by atoms with Crippen LogP contribution in [-0.4, -0.2) is 22.1 Å². The molecule has 0 aliphatic carbocycles. The van der Waals surface area contributed by atoms with Gasteiger partial charge >= 0.3 is 0 Å². The molecular weight excluding hydrogens is 341 g/mol. The van der Waals surface area contributed by atoms with Gasteiger partial charge in [-0.15, -0.1) is 0 Å². The number of aliphatic imine (C=N–C) groups is 1. The first-order valence-corrected chi connectivity index (χ1v) is 9.20. The lowest BCUT2D eigenvalue weighted by Crippen LogP contribution is -2.38. The van der Waals surface area contributed by atoms with Crippen molar-refractivity contribution in [2.45, 2.75) is 33.4 Å². The van der Waals surface area contributed by atoms with Crippen molar-refractivity contribution in [1.82, 2.24) is 20.2 Å². The van der Waals surface area contributed by atoms with Gasteiger partial charge in [0.25, 0.3) is 0 Å². The van der Waals surface area contributed by atoms with Crippen LogP contribution in [0.15, 0.2) is 47.5 Å². The van der Waals surface area contributed by atoms with Crippen LogP contribution in [0.5, 0.6) is 0 Å². The molecule has 3 aromatic rings. The van der Waals surface area contributed by atoms with Crippen molar-refractivity contribution in [1.29, 1.82) is 0 Å². The van der Waals surface area contributed by atoms with E-state index in [1.807, 2.05) is 51.2 Å². The van der Waals surface area contributed by atoms with E-state index in [4.69, 9.17) is 0 Å². The number of guanidine groups is 1. The SMILES string of the molecule is CCNC(=NCc1nc2ccccc2n1C)NC(C)c1ccc(C)c(F)c1. The minimum atomic E-state index is -0.192. The highest BCUT2D eigenvalue weighted by Gasteiger charge is 2.11. The highest BCUT2D eigenvalue weighted by Crippen LogP contribution is 2.17. The van der Waals surface area contributed by atoms with E-state index in [1.165, 1.54) is 0 Å². The molecule has 6 heteroatoms. The van der Waals surface area contributed by atoms with Crippen molar-refractivity contribution >= 4 is 17.0 Å². The zero-order valence-electron chi connectivity index (χ0n) is 16.3. The summed E-state index contributed by atoms with van der Waals surface area (Å²) in [5.74, 6) is 1.38. The summed E-state index contributed by atoms with van der Waals surface area (Å²) in [6.45, 7) is 6.97. The Balaban J connectivity index is 1.77. The first-order valence-electron chi connectivity index (χ1n) is 9.20. The summed E-state index contributed by atoms with van der Waals surface area (Å²) in [4.78, 5) is 9.32. The van der Waals surface area contributed by atoms with Gasteiger partial charge in [0.2, 0.25) is 0 Å². The molecule has 0 saturated heterocycles. The Hall–Kier alpha value is -2.89. The van der Waals surface area contributed by atoms with Gasteiger partial charge in [-0.3, -0.25) is 0 Å². The highest BCUT2D eigenvalue weighted by molar-refractivity contribution is 5.80. The number of imidazole rings is 1. The van der Waals surface area contributed by atoms with Gasteiger partial charge in [-0.05, 0) is 50.1 Å². The average molecular weight is 367 g/mol. The third kappa shape index (κ3) is 4.27. The summed E-state index contributed by atoms with van der Waals surface area (Å²) in [5, 5.41) is 6.58. The predicted molar refractivity (Wildman–Crippen MR) is 108 cm³/mol. The summed E-state index contributed by atoms with van der Waals surface area (Å²) >= 11 is 0. The molecule has 0 spiro atoms. The minimum absolute atomic E-state index is 0.0710. The van der Waals surface area contributed by atoms with Gasteiger partial charge in [-0.2, -0.15) is 0 Å². The smallest absolute Gasteiger partial charge is 0.192 e. The summed E-state index contributed by atoms with van der Waals surface area (Å²) in [7, 11) is 2.00. The molecule has 0 aliphatic rings. The third-order valence-corrected chi connectivity index (χ3v) is 4.65. The number of halogens is 1. The number of aryl methyl sites for hydroxylation is 2. The molecule has 1 heterocycles. The van der Waals surface area contributed by atoms with Gasteiger partial charge in [-0.25, -0.2) is 14.4 Å². The standard InChI is InChI=1S/C21H26FN5/c1-5-23-21(25-15(3)16-11-10-14(2)17(22)12-16)24-13-20-26-18-8-6-7-9-19(18)27(20)4/h6-12,15H,5,13H2,1-4H3,(H2,23,24,25). The topological polar surface area (TPSA) is 54.2 Å². The number of aromatic nitrogens is 2. The Morgan fingerprint density at radius 2 is 2.04 bits per heavy atom. The van der Waals surface area contributed by atoms with Crippen LogP contribution in [0.2, 0.25) is 0 Å². The highest BCUT2D eigenvalue weighted by atomic mass is 19.1.